The first-order chi connectivity index (χ1) is 12.2. The third-order valence-electron chi connectivity index (χ3n) is 5.03. The van der Waals surface area contributed by atoms with Crippen molar-refractivity contribution in [3.63, 3.8) is 0 Å². The Bertz CT molecular complexity index is 757. The quantitative estimate of drug-likeness (QED) is 0.860. The van der Waals surface area contributed by atoms with Crippen molar-refractivity contribution in [3.8, 4) is 11.5 Å². The highest BCUT2D eigenvalue weighted by atomic mass is 16.5. The molecular formula is C18H24N4O3. The van der Waals surface area contributed by atoms with E-state index in [4.69, 9.17) is 9.47 Å². The van der Waals surface area contributed by atoms with E-state index in [9.17, 15) is 5.11 Å². The molecule has 1 aromatic carbocycles. The first-order valence-corrected chi connectivity index (χ1v) is 8.74. The first kappa shape index (κ1) is 16.4. The standard InChI is InChI=1S/C18H24N4O3/c1-24-13-5-6-16(25-2)14(9-13)15(23)10-21-7-8-22-17(11-21)19-20-18(22)12-3-4-12/h5-6,9,12,15,23H,3-4,7-8,10-11H2,1-2H3/t15-/m1/s1. The average Bonchev–Trinajstić information content (AvgIpc) is 3.40. The molecule has 0 amide bonds. The lowest BCUT2D eigenvalue weighted by Gasteiger charge is -2.30. The third kappa shape index (κ3) is 3.21. The number of aromatic nitrogens is 3. The Balaban J connectivity index is 1.47. The summed E-state index contributed by atoms with van der Waals surface area (Å²) in [4.78, 5) is 2.21. The summed E-state index contributed by atoms with van der Waals surface area (Å²) in [5, 5.41) is 19.5. The summed E-state index contributed by atoms with van der Waals surface area (Å²) in [7, 11) is 3.23. The number of ether oxygens (including phenoxy) is 2. The maximum absolute atomic E-state index is 10.7. The number of rotatable bonds is 6. The average molecular weight is 344 g/mol. The van der Waals surface area contributed by atoms with Crippen molar-refractivity contribution in [1.29, 1.82) is 0 Å². The van der Waals surface area contributed by atoms with Gasteiger partial charge in [0.25, 0.3) is 0 Å². The van der Waals surface area contributed by atoms with E-state index in [-0.39, 0.29) is 0 Å². The second-order valence-electron chi connectivity index (χ2n) is 6.76. The second kappa shape index (κ2) is 6.65. The van der Waals surface area contributed by atoms with E-state index >= 15 is 0 Å². The van der Waals surface area contributed by atoms with E-state index in [0.717, 1.165) is 30.3 Å². The normalized spacial score (nSPS) is 18.7. The van der Waals surface area contributed by atoms with Crippen LogP contribution < -0.4 is 9.47 Å². The molecule has 0 saturated heterocycles. The summed E-state index contributed by atoms with van der Waals surface area (Å²) in [5.74, 6) is 4.13. The third-order valence-corrected chi connectivity index (χ3v) is 5.03. The summed E-state index contributed by atoms with van der Waals surface area (Å²) in [6.07, 6.45) is 1.81. The van der Waals surface area contributed by atoms with Gasteiger partial charge in [-0.15, -0.1) is 10.2 Å². The number of fused-ring (bicyclic) bond motifs is 1. The lowest BCUT2D eigenvalue weighted by Crippen LogP contribution is -2.37. The molecule has 25 heavy (non-hydrogen) atoms. The van der Waals surface area contributed by atoms with Crippen LogP contribution in [0.2, 0.25) is 0 Å². The van der Waals surface area contributed by atoms with Gasteiger partial charge < -0.3 is 19.1 Å². The maximum atomic E-state index is 10.7. The molecule has 7 nitrogen and oxygen atoms in total. The Labute approximate surface area is 147 Å². The molecule has 0 unspecified atom stereocenters. The number of β-amino-alcohol motifs (C(OH)–C–C–N with tert-alkyl or cyclic N) is 1. The number of hydrogen-bond acceptors (Lipinski definition) is 6. The van der Waals surface area contributed by atoms with Crippen LogP contribution in [0.5, 0.6) is 11.5 Å². The molecule has 1 aliphatic carbocycles. The fraction of sp³-hybridized carbons (Fsp3) is 0.556. The van der Waals surface area contributed by atoms with Gasteiger partial charge in [0.1, 0.15) is 23.1 Å². The first-order valence-electron chi connectivity index (χ1n) is 8.74. The number of hydrogen-bond donors (Lipinski definition) is 1. The molecular weight excluding hydrogens is 320 g/mol. The predicted molar refractivity (Wildman–Crippen MR) is 91.8 cm³/mol. The Morgan fingerprint density at radius 1 is 1.20 bits per heavy atom. The van der Waals surface area contributed by atoms with Crippen LogP contribution >= 0.6 is 0 Å². The molecule has 0 bridgehead atoms. The number of nitrogens with zero attached hydrogens (tertiary/aromatic N) is 4. The Hall–Kier alpha value is -2.12. The van der Waals surface area contributed by atoms with Crippen LogP contribution in [0.3, 0.4) is 0 Å². The summed E-state index contributed by atoms with van der Waals surface area (Å²) in [6.45, 7) is 3.00. The summed E-state index contributed by atoms with van der Waals surface area (Å²) < 4.78 is 12.9. The molecule has 0 spiro atoms. The highest BCUT2D eigenvalue weighted by Crippen LogP contribution is 2.39. The molecule has 4 rings (SSSR count). The Kier molecular flexibility index (Phi) is 4.35. The zero-order valence-electron chi connectivity index (χ0n) is 14.7. The van der Waals surface area contributed by atoms with Crippen molar-refractivity contribution in [3.05, 3.63) is 35.4 Å². The zero-order chi connectivity index (χ0) is 17.4. The van der Waals surface area contributed by atoms with Crippen LogP contribution in [-0.2, 0) is 13.1 Å². The number of aliphatic hydroxyl groups excluding tert-OH is 1. The smallest absolute Gasteiger partial charge is 0.147 e. The lowest BCUT2D eigenvalue weighted by atomic mass is 10.1. The van der Waals surface area contributed by atoms with Crippen molar-refractivity contribution in [2.24, 2.45) is 0 Å². The van der Waals surface area contributed by atoms with Crippen LogP contribution in [0.4, 0.5) is 0 Å². The molecule has 134 valence electrons. The van der Waals surface area contributed by atoms with Crippen LogP contribution in [0, 0.1) is 0 Å². The monoisotopic (exact) mass is 344 g/mol. The molecule has 1 aromatic heterocycles. The fourth-order valence-corrected chi connectivity index (χ4v) is 3.47. The van der Waals surface area contributed by atoms with Gasteiger partial charge in [0, 0.05) is 31.1 Å². The van der Waals surface area contributed by atoms with Gasteiger partial charge >= 0.3 is 0 Å². The molecule has 7 heteroatoms. The minimum Gasteiger partial charge on any atom is -0.497 e. The van der Waals surface area contributed by atoms with Gasteiger partial charge in [-0.1, -0.05) is 0 Å². The van der Waals surface area contributed by atoms with Gasteiger partial charge in [0.2, 0.25) is 0 Å². The van der Waals surface area contributed by atoms with Crippen LogP contribution in [0.1, 0.15) is 42.1 Å². The van der Waals surface area contributed by atoms with Gasteiger partial charge in [0.15, 0.2) is 0 Å². The van der Waals surface area contributed by atoms with Crippen LogP contribution in [-0.4, -0.2) is 52.1 Å². The molecule has 0 radical (unpaired) electrons. The summed E-state index contributed by atoms with van der Waals surface area (Å²) in [5.41, 5.74) is 0.743. The minimum atomic E-state index is -0.651. The zero-order valence-corrected chi connectivity index (χ0v) is 14.7. The molecule has 1 atom stereocenters. The SMILES string of the molecule is COc1ccc(OC)c([C@H](O)CN2CCn3c(nnc3C3CC3)C2)c1. The van der Waals surface area contributed by atoms with E-state index in [1.807, 2.05) is 18.2 Å². The van der Waals surface area contributed by atoms with Gasteiger partial charge in [0.05, 0.1) is 26.9 Å². The van der Waals surface area contributed by atoms with Crippen molar-refractivity contribution in [1.82, 2.24) is 19.7 Å². The fourth-order valence-electron chi connectivity index (χ4n) is 3.47. The maximum Gasteiger partial charge on any atom is 0.147 e. The van der Waals surface area contributed by atoms with E-state index in [1.54, 1.807) is 14.2 Å². The molecule has 1 saturated carbocycles. The highest BCUT2D eigenvalue weighted by molar-refractivity contribution is 5.41. The molecule has 1 N–H and O–H groups in total. The van der Waals surface area contributed by atoms with Crippen molar-refractivity contribution < 1.29 is 14.6 Å². The van der Waals surface area contributed by atoms with E-state index in [1.165, 1.54) is 12.8 Å². The highest BCUT2D eigenvalue weighted by Gasteiger charge is 2.32. The number of benzene rings is 1. The van der Waals surface area contributed by atoms with Crippen molar-refractivity contribution in [2.75, 3.05) is 27.3 Å². The number of aliphatic hydroxyl groups is 1. The predicted octanol–water partition coefficient (Wildman–Crippen LogP) is 1.72. The van der Waals surface area contributed by atoms with Gasteiger partial charge in [-0.3, -0.25) is 4.90 Å². The Morgan fingerprint density at radius 2 is 2.04 bits per heavy atom. The van der Waals surface area contributed by atoms with Gasteiger partial charge in [-0.2, -0.15) is 0 Å². The minimum absolute atomic E-state index is 0.523. The van der Waals surface area contributed by atoms with Gasteiger partial charge in [-0.25, -0.2) is 0 Å². The molecule has 2 heterocycles. The molecule has 2 aromatic rings. The lowest BCUT2D eigenvalue weighted by molar-refractivity contribution is 0.0938. The van der Waals surface area contributed by atoms with Crippen molar-refractivity contribution in [2.45, 2.75) is 38.0 Å². The van der Waals surface area contributed by atoms with E-state index < -0.39 is 6.10 Å². The van der Waals surface area contributed by atoms with Crippen molar-refractivity contribution >= 4 is 0 Å². The second-order valence-corrected chi connectivity index (χ2v) is 6.76. The van der Waals surface area contributed by atoms with Crippen LogP contribution in [0.25, 0.3) is 0 Å². The summed E-state index contributed by atoms with van der Waals surface area (Å²) in [6, 6.07) is 5.49. The van der Waals surface area contributed by atoms with Crippen LogP contribution in [0.15, 0.2) is 18.2 Å². The molecule has 1 aliphatic heterocycles. The Morgan fingerprint density at radius 3 is 2.76 bits per heavy atom. The number of methoxy groups -OCH3 is 2. The topological polar surface area (TPSA) is 72.6 Å². The van der Waals surface area contributed by atoms with E-state index in [2.05, 4.69) is 19.7 Å². The largest absolute Gasteiger partial charge is 0.497 e. The van der Waals surface area contributed by atoms with E-state index in [0.29, 0.717) is 30.5 Å². The molecule has 2 aliphatic rings. The van der Waals surface area contributed by atoms with Gasteiger partial charge in [-0.05, 0) is 31.0 Å². The molecule has 1 fully saturated rings. The summed E-state index contributed by atoms with van der Waals surface area (Å²) >= 11 is 0.